The highest BCUT2D eigenvalue weighted by molar-refractivity contribution is 6.31. The van der Waals surface area contributed by atoms with Crippen LogP contribution in [0.5, 0.6) is 0 Å². The van der Waals surface area contributed by atoms with Gasteiger partial charge in [0.1, 0.15) is 0 Å². The van der Waals surface area contributed by atoms with Gasteiger partial charge in [0.15, 0.2) is 0 Å². The minimum Gasteiger partial charge on any atom is -0.322 e. The molecule has 5 nitrogen and oxygen atoms in total. The lowest BCUT2D eigenvalue weighted by Crippen LogP contribution is -2.19. The van der Waals surface area contributed by atoms with Crippen LogP contribution in [-0.4, -0.2) is 19.6 Å². The molecule has 2 heterocycles. The molecule has 0 radical (unpaired) electrons. The van der Waals surface area contributed by atoms with E-state index < -0.39 is 0 Å². The highest BCUT2D eigenvalue weighted by atomic mass is 35.5. The Hall–Kier alpha value is -1.33. The highest BCUT2D eigenvalue weighted by Gasteiger charge is 2.19. The van der Waals surface area contributed by atoms with Gasteiger partial charge in [0.25, 0.3) is 0 Å². The summed E-state index contributed by atoms with van der Waals surface area (Å²) < 4.78 is 3.78. The Bertz CT molecular complexity index is 599. The van der Waals surface area contributed by atoms with Crippen LogP contribution in [0.4, 0.5) is 0 Å². The summed E-state index contributed by atoms with van der Waals surface area (Å²) in [6.07, 6.45) is 1.49. The quantitative estimate of drug-likeness (QED) is 0.921. The fourth-order valence-corrected chi connectivity index (χ4v) is 2.84. The second-order valence-corrected chi connectivity index (χ2v) is 5.40. The maximum absolute atomic E-state index is 6.38. The first-order valence-corrected chi connectivity index (χ1v) is 7.35. The van der Waals surface area contributed by atoms with E-state index in [0.717, 1.165) is 40.8 Å². The van der Waals surface area contributed by atoms with Crippen molar-refractivity contribution in [3.63, 3.8) is 0 Å². The van der Waals surface area contributed by atoms with Gasteiger partial charge in [-0.3, -0.25) is 9.36 Å². The lowest BCUT2D eigenvalue weighted by atomic mass is 10.1. The molecule has 0 spiro atoms. The van der Waals surface area contributed by atoms with Crippen molar-refractivity contribution < 1.29 is 0 Å². The van der Waals surface area contributed by atoms with E-state index in [2.05, 4.69) is 17.1 Å². The average Bonchev–Trinajstić information content (AvgIpc) is 2.93. The van der Waals surface area contributed by atoms with E-state index in [1.165, 1.54) is 0 Å². The largest absolute Gasteiger partial charge is 0.322 e. The zero-order valence-electron chi connectivity index (χ0n) is 12.5. The molecule has 0 bridgehead atoms. The van der Waals surface area contributed by atoms with Gasteiger partial charge in [0, 0.05) is 20.0 Å². The summed E-state index contributed by atoms with van der Waals surface area (Å²) in [6.45, 7) is 6.91. The maximum Gasteiger partial charge on any atom is 0.0850 e. The van der Waals surface area contributed by atoms with Crippen LogP contribution in [0.15, 0.2) is 6.07 Å². The van der Waals surface area contributed by atoms with Crippen LogP contribution >= 0.6 is 11.6 Å². The summed E-state index contributed by atoms with van der Waals surface area (Å²) >= 11 is 6.38. The fourth-order valence-electron chi connectivity index (χ4n) is 2.47. The molecule has 0 aliphatic heterocycles. The summed E-state index contributed by atoms with van der Waals surface area (Å²) in [4.78, 5) is 0. The van der Waals surface area contributed by atoms with Crippen molar-refractivity contribution in [3.05, 3.63) is 33.9 Å². The van der Waals surface area contributed by atoms with E-state index in [4.69, 9.17) is 17.3 Å². The van der Waals surface area contributed by atoms with Crippen LogP contribution in [-0.2, 0) is 26.4 Å². The molecule has 0 aliphatic carbocycles. The Labute approximate surface area is 124 Å². The predicted octanol–water partition coefficient (Wildman–Crippen LogP) is 2.40. The van der Waals surface area contributed by atoms with Gasteiger partial charge in [0.2, 0.25) is 0 Å². The zero-order valence-corrected chi connectivity index (χ0v) is 13.3. The second-order valence-electron chi connectivity index (χ2n) is 5.02. The van der Waals surface area contributed by atoms with Crippen molar-refractivity contribution in [1.29, 1.82) is 0 Å². The Kier molecular flexibility index (Phi) is 4.50. The van der Waals surface area contributed by atoms with Crippen molar-refractivity contribution in [2.24, 2.45) is 12.8 Å². The molecule has 0 aromatic carbocycles. The standard InChI is InChI=1S/C14H22ClN5/c1-5-11-14(15)13(19(4)18-11)8-10(16)12-7-9(3)17-20(12)6-2/h7,10H,5-6,8,16H2,1-4H3. The highest BCUT2D eigenvalue weighted by Crippen LogP contribution is 2.25. The third-order valence-electron chi connectivity index (χ3n) is 3.53. The number of aryl methyl sites for hydroxylation is 4. The Morgan fingerprint density at radius 1 is 1.35 bits per heavy atom. The van der Waals surface area contributed by atoms with E-state index in [1.807, 2.05) is 36.3 Å². The molecule has 2 rings (SSSR count). The average molecular weight is 296 g/mol. The molecule has 0 amide bonds. The summed E-state index contributed by atoms with van der Waals surface area (Å²) in [6, 6.07) is 1.91. The van der Waals surface area contributed by atoms with Crippen LogP contribution in [0, 0.1) is 6.92 Å². The molecule has 0 saturated carbocycles. The van der Waals surface area contributed by atoms with Gasteiger partial charge < -0.3 is 5.73 Å². The first-order chi connectivity index (χ1) is 9.47. The van der Waals surface area contributed by atoms with Gasteiger partial charge in [-0.2, -0.15) is 10.2 Å². The van der Waals surface area contributed by atoms with Crippen LogP contribution in [0.25, 0.3) is 0 Å². The van der Waals surface area contributed by atoms with Crippen molar-refractivity contribution in [2.45, 2.75) is 46.2 Å². The smallest absolute Gasteiger partial charge is 0.0850 e. The third-order valence-corrected chi connectivity index (χ3v) is 3.97. The minimum absolute atomic E-state index is 0.131. The lowest BCUT2D eigenvalue weighted by molar-refractivity contribution is 0.553. The van der Waals surface area contributed by atoms with E-state index in [1.54, 1.807) is 0 Å². The van der Waals surface area contributed by atoms with Gasteiger partial charge in [-0.1, -0.05) is 18.5 Å². The second kappa shape index (κ2) is 5.97. The molecule has 20 heavy (non-hydrogen) atoms. The van der Waals surface area contributed by atoms with E-state index in [0.29, 0.717) is 6.42 Å². The molecule has 2 aromatic heterocycles. The molecule has 0 aliphatic rings. The van der Waals surface area contributed by atoms with E-state index in [9.17, 15) is 0 Å². The predicted molar refractivity (Wildman–Crippen MR) is 80.9 cm³/mol. The minimum atomic E-state index is -0.131. The molecule has 110 valence electrons. The van der Waals surface area contributed by atoms with Crippen molar-refractivity contribution >= 4 is 11.6 Å². The van der Waals surface area contributed by atoms with E-state index in [-0.39, 0.29) is 6.04 Å². The number of halogens is 1. The summed E-state index contributed by atoms with van der Waals surface area (Å²) in [5.74, 6) is 0. The Morgan fingerprint density at radius 3 is 2.60 bits per heavy atom. The molecule has 2 aromatic rings. The van der Waals surface area contributed by atoms with Gasteiger partial charge in [-0.05, 0) is 26.3 Å². The van der Waals surface area contributed by atoms with Crippen molar-refractivity contribution in [1.82, 2.24) is 19.6 Å². The molecule has 1 unspecified atom stereocenters. The van der Waals surface area contributed by atoms with Gasteiger partial charge in [-0.15, -0.1) is 0 Å². The number of hydrogen-bond acceptors (Lipinski definition) is 3. The molecule has 2 N–H and O–H groups in total. The Morgan fingerprint density at radius 2 is 2.05 bits per heavy atom. The Balaban J connectivity index is 2.27. The first-order valence-electron chi connectivity index (χ1n) is 6.98. The number of nitrogens with zero attached hydrogens (tertiary/aromatic N) is 4. The number of nitrogens with two attached hydrogens (primary N) is 1. The number of hydrogen-bond donors (Lipinski definition) is 1. The monoisotopic (exact) mass is 295 g/mol. The number of rotatable bonds is 5. The fraction of sp³-hybridized carbons (Fsp3) is 0.571. The van der Waals surface area contributed by atoms with Gasteiger partial charge >= 0.3 is 0 Å². The summed E-state index contributed by atoms with van der Waals surface area (Å²) in [5, 5.41) is 9.61. The maximum atomic E-state index is 6.38. The molecular formula is C14H22ClN5. The van der Waals surface area contributed by atoms with Crippen molar-refractivity contribution in [3.8, 4) is 0 Å². The molecule has 6 heteroatoms. The van der Waals surface area contributed by atoms with Gasteiger partial charge in [0.05, 0.1) is 33.8 Å². The lowest BCUT2D eigenvalue weighted by Gasteiger charge is -2.13. The molecule has 1 atom stereocenters. The topological polar surface area (TPSA) is 61.7 Å². The van der Waals surface area contributed by atoms with Crippen molar-refractivity contribution in [2.75, 3.05) is 0 Å². The van der Waals surface area contributed by atoms with Crippen LogP contribution < -0.4 is 5.73 Å². The first kappa shape index (κ1) is 15.1. The van der Waals surface area contributed by atoms with Crippen LogP contribution in [0.2, 0.25) is 5.02 Å². The molecular weight excluding hydrogens is 274 g/mol. The van der Waals surface area contributed by atoms with Crippen LogP contribution in [0.1, 0.15) is 42.7 Å². The van der Waals surface area contributed by atoms with Gasteiger partial charge in [-0.25, -0.2) is 0 Å². The molecule has 0 saturated heterocycles. The normalized spacial score (nSPS) is 12.9. The van der Waals surface area contributed by atoms with Crippen LogP contribution in [0.3, 0.4) is 0 Å². The summed E-state index contributed by atoms with van der Waals surface area (Å²) in [5.41, 5.74) is 10.3. The number of aromatic nitrogens is 4. The van der Waals surface area contributed by atoms with E-state index >= 15 is 0 Å². The zero-order chi connectivity index (χ0) is 14.9. The third kappa shape index (κ3) is 2.74. The SMILES string of the molecule is CCc1nn(C)c(CC(N)c2cc(C)nn2CC)c1Cl. The molecule has 0 fully saturated rings. The summed E-state index contributed by atoms with van der Waals surface area (Å²) in [7, 11) is 1.91.